The van der Waals surface area contributed by atoms with Gasteiger partial charge in [0.2, 0.25) is 11.9 Å². The molecule has 172 valence electrons. The second kappa shape index (κ2) is 9.19. The number of fused-ring (bicyclic) bond motifs is 1. The summed E-state index contributed by atoms with van der Waals surface area (Å²) in [5, 5.41) is 7.12. The first-order chi connectivity index (χ1) is 16.5. The molecule has 1 atom stereocenters. The number of aryl methyl sites for hydroxylation is 1. The molecule has 1 aromatic heterocycles. The van der Waals surface area contributed by atoms with Crippen molar-refractivity contribution in [1.29, 1.82) is 0 Å². The van der Waals surface area contributed by atoms with Crippen LogP contribution in [0, 0.1) is 12.7 Å². The van der Waals surface area contributed by atoms with Gasteiger partial charge in [0.25, 0.3) is 0 Å². The Morgan fingerprint density at radius 3 is 2.50 bits per heavy atom. The van der Waals surface area contributed by atoms with Crippen molar-refractivity contribution >= 4 is 28.6 Å². The summed E-state index contributed by atoms with van der Waals surface area (Å²) in [4.78, 5) is 23.4. The third-order valence-corrected chi connectivity index (χ3v) is 6.12. The van der Waals surface area contributed by atoms with E-state index in [0.717, 1.165) is 47.5 Å². The van der Waals surface area contributed by atoms with Crippen LogP contribution in [0.4, 0.5) is 16.2 Å². The minimum absolute atomic E-state index is 0.0760. The molecule has 7 heteroatoms. The predicted molar refractivity (Wildman–Crippen MR) is 133 cm³/mol. The Hall–Kier alpha value is -3.84. The Morgan fingerprint density at radius 2 is 1.76 bits per heavy atom. The number of hydrogen-bond acceptors (Lipinski definition) is 5. The molecule has 3 aromatic carbocycles. The van der Waals surface area contributed by atoms with Crippen LogP contribution >= 0.6 is 0 Å². The molecule has 1 aliphatic rings. The molecule has 0 radical (unpaired) electrons. The second-order valence-corrected chi connectivity index (χ2v) is 8.61. The van der Waals surface area contributed by atoms with Crippen molar-refractivity contribution in [1.82, 2.24) is 15.3 Å². The normalized spacial score (nSPS) is 16.0. The molecule has 0 saturated carbocycles. The number of nitrogens with zero attached hydrogens (tertiary/aromatic N) is 3. The van der Waals surface area contributed by atoms with Crippen molar-refractivity contribution < 1.29 is 9.18 Å². The van der Waals surface area contributed by atoms with Gasteiger partial charge in [0, 0.05) is 31.9 Å². The van der Waals surface area contributed by atoms with E-state index in [2.05, 4.69) is 51.7 Å². The Bertz CT molecular complexity index is 1340. The fraction of sp³-hybridized carbons (Fsp3) is 0.222. The topological polar surface area (TPSA) is 70.2 Å². The van der Waals surface area contributed by atoms with E-state index in [4.69, 9.17) is 4.98 Å². The first-order valence-electron chi connectivity index (χ1n) is 11.4. The molecular weight excluding hydrogens is 429 g/mol. The summed E-state index contributed by atoms with van der Waals surface area (Å²) >= 11 is 0. The maximum atomic E-state index is 13.5. The number of carbonyl (C=O) groups is 1. The first kappa shape index (κ1) is 22.0. The average Bonchev–Trinajstić information content (AvgIpc) is 2.84. The molecule has 4 aromatic rings. The summed E-state index contributed by atoms with van der Waals surface area (Å²) in [7, 11) is 0. The van der Waals surface area contributed by atoms with Crippen LogP contribution < -0.4 is 15.5 Å². The lowest BCUT2D eigenvalue weighted by Crippen LogP contribution is -2.46. The molecule has 5 rings (SSSR count). The zero-order valence-corrected chi connectivity index (χ0v) is 19.2. The van der Waals surface area contributed by atoms with Gasteiger partial charge in [0.15, 0.2) is 0 Å². The van der Waals surface area contributed by atoms with Crippen LogP contribution in [-0.2, 0) is 4.79 Å². The molecule has 0 bridgehead atoms. The number of carbonyl (C=O) groups excluding carboxylic acids is 1. The van der Waals surface area contributed by atoms with Crippen molar-refractivity contribution in [3.63, 3.8) is 0 Å². The van der Waals surface area contributed by atoms with Gasteiger partial charge < -0.3 is 10.2 Å². The molecule has 34 heavy (non-hydrogen) atoms. The van der Waals surface area contributed by atoms with E-state index in [1.165, 1.54) is 30.2 Å². The van der Waals surface area contributed by atoms with Crippen LogP contribution in [0.1, 0.15) is 24.1 Å². The Balaban J connectivity index is 1.66. The number of halogens is 1. The quantitative estimate of drug-likeness (QED) is 0.460. The largest absolute Gasteiger partial charge is 0.346 e. The summed E-state index contributed by atoms with van der Waals surface area (Å²) in [6.07, 6.45) is 0. The summed E-state index contributed by atoms with van der Waals surface area (Å²) in [6, 6.07) is 21.0. The number of rotatable bonds is 4. The monoisotopic (exact) mass is 455 g/mol. The van der Waals surface area contributed by atoms with Gasteiger partial charge in [-0.05, 0) is 47.9 Å². The van der Waals surface area contributed by atoms with E-state index in [1.807, 2.05) is 18.2 Å². The van der Waals surface area contributed by atoms with Crippen LogP contribution in [0.25, 0.3) is 22.0 Å². The molecule has 1 aliphatic heterocycles. The lowest BCUT2D eigenvalue weighted by molar-refractivity contribution is -0.114. The molecule has 0 spiro atoms. The van der Waals surface area contributed by atoms with Gasteiger partial charge in [-0.2, -0.15) is 4.98 Å². The van der Waals surface area contributed by atoms with Crippen LogP contribution in [0.15, 0.2) is 66.7 Å². The van der Waals surface area contributed by atoms with E-state index in [9.17, 15) is 9.18 Å². The zero-order chi connectivity index (χ0) is 23.7. The minimum atomic E-state index is -0.268. The van der Waals surface area contributed by atoms with Gasteiger partial charge in [-0.15, -0.1) is 0 Å². The van der Waals surface area contributed by atoms with Gasteiger partial charge in [0.1, 0.15) is 11.6 Å². The van der Waals surface area contributed by atoms with E-state index < -0.39 is 0 Å². The lowest BCUT2D eigenvalue weighted by atomic mass is 10.00. The standard InChI is InChI=1S/C27H26FN5O/c1-17-3-5-20(6-4-17)25-16-29-13-14-33(25)26-23-15-21(19-7-10-22(28)11-8-19)9-12-24(23)31-27(32-26)30-18(2)34/h3-12,15,25,29H,13-14,16H2,1-2H3,(H,30,31,32,34). The number of benzene rings is 3. The highest BCUT2D eigenvalue weighted by atomic mass is 19.1. The first-order valence-corrected chi connectivity index (χ1v) is 11.4. The third-order valence-electron chi connectivity index (χ3n) is 6.12. The van der Waals surface area contributed by atoms with Gasteiger partial charge in [-0.25, -0.2) is 9.37 Å². The van der Waals surface area contributed by atoms with Crippen molar-refractivity contribution in [2.75, 3.05) is 29.9 Å². The van der Waals surface area contributed by atoms with E-state index in [0.29, 0.717) is 0 Å². The SMILES string of the molecule is CC(=O)Nc1nc(N2CCNCC2c2ccc(C)cc2)c2cc(-c3ccc(F)cc3)ccc2n1. The number of aromatic nitrogens is 2. The molecule has 1 fully saturated rings. The average molecular weight is 456 g/mol. The van der Waals surface area contributed by atoms with Gasteiger partial charge >= 0.3 is 0 Å². The van der Waals surface area contributed by atoms with Crippen molar-refractivity contribution in [3.8, 4) is 11.1 Å². The predicted octanol–water partition coefficient (Wildman–Crippen LogP) is 4.85. The minimum Gasteiger partial charge on any atom is -0.346 e. The van der Waals surface area contributed by atoms with Crippen LogP contribution in [0.2, 0.25) is 0 Å². The van der Waals surface area contributed by atoms with Crippen molar-refractivity contribution in [3.05, 3.63) is 83.7 Å². The summed E-state index contributed by atoms with van der Waals surface area (Å²) in [6.45, 7) is 5.88. The number of amides is 1. The fourth-order valence-corrected chi connectivity index (χ4v) is 4.41. The Kier molecular flexibility index (Phi) is 5.94. The molecule has 0 aliphatic carbocycles. The summed E-state index contributed by atoms with van der Waals surface area (Å²) in [5.74, 6) is 0.564. The fourth-order valence-electron chi connectivity index (χ4n) is 4.41. The highest BCUT2D eigenvalue weighted by Gasteiger charge is 2.27. The Labute approximate surface area is 197 Å². The molecule has 2 N–H and O–H groups in total. The van der Waals surface area contributed by atoms with Crippen molar-refractivity contribution in [2.24, 2.45) is 0 Å². The van der Waals surface area contributed by atoms with Crippen LogP contribution in [0.5, 0.6) is 0 Å². The lowest BCUT2D eigenvalue weighted by Gasteiger charge is -2.38. The smallest absolute Gasteiger partial charge is 0.231 e. The van der Waals surface area contributed by atoms with E-state index in [1.54, 1.807) is 12.1 Å². The molecule has 1 unspecified atom stereocenters. The second-order valence-electron chi connectivity index (χ2n) is 8.61. The molecule has 1 saturated heterocycles. The summed E-state index contributed by atoms with van der Waals surface area (Å²) in [5.41, 5.74) is 5.01. The highest BCUT2D eigenvalue weighted by Crippen LogP contribution is 2.35. The molecule has 1 amide bonds. The number of anilines is 2. The molecule has 2 heterocycles. The third kappa shape index (κ3) is 4.47. The van der Waals surface area contributed by atoms with Gasteiger partial charge in [0.05, 0.1) is 11.6 Å². The van der Waals surface area contributed by atoms with Gasteiger partial charge in [-0.3, -0.25) is 10.1 Å². The van der Waals surface area contributed by atoms with E-state index in [-0.39, 0.29) is 23.7 Å². The highest BCUT2D eigenvalue weighted by molar-refractivity contribution is 5.96. The zero-order valence-electron chi connectivity index (χ0n) is 19.2. The molecule has 6 nitrogen and oxygen atoms in total. The summed E-state index contributed by atoms with van der Waals surface area (Å²) < 4.78 is 13.5. The number of nitrogens with one attached hydrogen (secondary N) is 2. The maximum Gasteiger partial charge on any atom is 0.231 e. The van der Waals surface area contributed by atoms with Crippen LogP contribution in [-0.4, -0.2) is 35.5 Å². The van der Waals surface area contributed by atoms with Crippen molar-refractivity contribution in [2.45, 2.75) is 19.9 Å². The Morgan fingerprint density at radius 1 is 1.03 bits per heavy atom. The van der Waals surface area contributed by atoms with E-state index >= 15 is 0 Å². The van der Waals surface area contributed by atoms with Crippen LogP contribution in [0.3, 0.4) is 0 Å². The molecular formula is C27H26FN5O. The maximum absolute atomic E-state index is 13.5. The number of hydrogen-bond donors (Lipinski definition) is 2. The van der Waals surface area contributed by atoms with Gasteiger partial charge in [-0.1, -0.05) is 48.0 Å². The number of piperazine rings is 1.